The lowest BCUT2D eigenvalue weighted by Crippen LogP contribution is -2.24. The average molecular weight is 336 g/mol. The summed E-state index contributed by atoms with van der Waals surface area (Å²) in [5.74, 6) is -9.69. The molecule has 0 atom stereocenters. The van der Waals surface area contributed by atoms with Crippen molar-refractivity contribution in [3.8, 4) is 0 Å². The van der Waals surface area contributed by atoms with Crippen molar-refractivity contribution in [3.63, 3.8) is 0 Å². The molecule has 1 aromatic heterocycles. The van der Waals surface area contributed by atoms with E-state index in [1.165, 1.54) is 12.3 Å². The molecule has 2 N–H and O–H groups in total. The Bertz CT molecular complexity index is 702. The van der Waals surface area contributed by atoms with Gasteiger partial charge in [0.2, 0.25) is 5.82 Å². The van der Waals surface area contributed by atoms with E-state index in [1.807, 2.05) is 0 Å². The Labute approximate surface area is 126 Å². The summed E-state index contributed by atoms with van der Waals surface area (Å²) in [5, 5.41) is 9.39. The highest BCUT2D eigenvalue weighted by atomic mass is 32.1. The first-order valence-corrected chi connectivity index (χ1v) is 6.28. The molecular formula is C12H9F5N4S. The number of rotatable bonds is 3. The highest BCUT2D eigenvalue weighted by Gasteiger charge is 2.25. The SMILES string of the molecule is CNC(=S)Nc1ccn(Cc2c(F)c(F)c(F)c(F)c2F)n1. The van der Waals surface area contributed by atoms with E-state index in [9.17, 15) is 22.0 Å². The molecule has 0 radical (unpaired) electrons. The van der Waals surface area contributed by atoms with Crippen molar-refractivity contribution in [2.24, 2.45) is 0 Å². The van der Waals surface area contributed by atoms with Gasteiger partial charge < -0.3 is 10.6 Å². The van der Waals surface area contributed by atoms with Gasteiger partial charge in [0.05, 0.1) is 12.1 Å². The number of hydrogen-bond acceptors (Lipinski definition) is 2. The predicted octanol–water partition coefficient (Wildman–Crippen LogP) is 2.54. The molecule has 118 valence electrons. The molecule has 0 aliphatic rings. The molecule has 4 nitrogen and oxygen atoms in total. The fraction of sp³-hybridized carbons (Fsp3) is 0.167. The molecule has 22 heavy (non-hydrogen) atoms. The van der Waals surface area contributed by atoms with Crippen molar-refractivity contribution in [1.82, 2.24) is 15.1 Å². The molecule has 1 aromatic carbocycles. The van der Waals surface area contributed by atoms with E-state index in [-0.39, 0.29) is 10.9 Å². The molecule has 0 saturated heterocycles. The predicted molar refractivity (Wildman–Crippen MR) is 72.8 cm³/mol. The van der Waals surface area contributed by atoms with Crippen LogP contribution in [0.2, 0.25) is 0 Å². The van der Waals surface area contributed by atoms with Gasteiger partial charge in [0.15, 0.2) is 34.2 Å². The Balaban J connectivity index is 2.30. The zero-order chi connectivity index (χ0) is 16.4. The van der Waals surface area contributed by atoms with Crippen molar-refractivity contribution < 1.29 is 22.0 Å². The van der Waals surface area contributed by atoms with Gasteiger partial charge in [-0.3, -0.25) is 4.68 Å². The molecule has 0 amide bonds. The van der Waals surface area contributed by atoms with Crippen LogP contribution in [0, 0.1) is 29.1 Å². The summed E-state index contributed by atoms with van der Waals surface area (Å²) >= 11 is 4.83. The number of aromatic nitrogens is 2. The van der Waals surface area contributed by atoms with Gasteiger partial charge in [-0.2, -0.15) is 5.10 Å². The molecule has 2 aromatic rings. The van der Waals surface area contributed by atoms with Crippen LogP contribution in [0.3, 0.4) is 0 Å². The van der Waals surface area contributed by atoms with Gasteiger partial charge in [-0.05, 0) is 12.2 Å². The second-order valence-electron chi connectivity index (χ2n) is 4.15. The molecule has 1 heterocycles. The Kier molecular flexibility index (Phi) is 4.59. The topological polar surface area (TPSA) is 41.9 Å². The number of nitrogens with one attached hydrogen (secondary N) is 2. The lowest BCUT2D eigenvalue weighted by atomic mass is 10.1. The van der Waals surface area contributed by atoms with Gasteiger partial charge in [0.25, 0.3) is 0 Å². The molecule has 0 bridgehead atoms. The molecule has 0 aliphatic carbocycles. The van der Waals surface area contributed by atoms with Crippen LogP contribution in [-0.4, -0.2) is 21.9 Å². The maximum Gasteiger partial charge on any atom is 0.200 e. The summed E-state index contributed by atoms with van der Waals surface area (Å²) < 4.78 is 67.3. The van der Waals surface area contributed by atoms with Gasteiger partial charge in [-0.15, -0.1) is 0 Å². The van der Waals surface area contributed by atoms with E-state index in [0.29, 0.717) is 0 Å². The summed E-state index contributed by atoms with van der Waals surface area (Å²) in [5.41, 5.74) is -0.970. The first-order valence-electron chi connectivity index (χ1n) is 5.87. The largest absolute Gasteiger partial charge is 0.365 e. The number of benzene rings is 1. The fourth-order valence-electron chi connectivity index (χ4n) is 1.65. The molecule has 0 unspecified atom stereocenters. The van der Waals surface area contributed by atoms with E-state index in [2.05, 4.69) is 15.7 Å². The second kappa shape index (κ2) is 6.26. The maximum absolute atomic E-state index is 13.6. The van der Waals surface area contributed by atoms with E-state index in [4.69, 9.17) is 12.2 Å². The molecular weight excluding hydrogens is 327 g/mol. The van der Waals surface area contributed by atoms with Crippen molar-refractivity contribution in [2.45, 2.75) is 6.54 Å². The Morgan fingerprint density at radius 3 is 2.18 bits per heavy atom. The molecule has 0 saturated carbocycles. The molecule has 0 spiro atoms. The maximum atomic E-state index is 13.6. The third-order valence-corrected chi connectivity index (χ3v) is 3.04. The number of anilines is 1. The van der Waals surface area contributed by atoms with Gasteiger partial charge >= 0.3 is 0 Å². The van der Waals surface area contributed by atoms with Gasteiger partial charge in [0, 0.05) is 19.3 Å². The van der Waals surface area contributed by atoms with Crippen LogP contribution in [0.25, 0.3) is 0 Å². The van der Waals surface area contributed by atoms with E-state index < -0.39 is 41.2 Å². The fourth-order valence-corrected chi connectivity index (χ4v) is 1.75. The highest BCUT2D eigenvalue weighted by Crippen LogP contribution is 2.23. The zero-order valence-corrected chi connectivity index (χ0v) is 11.9. The summed E-state index contributed by atoms with van der Waals surface area (Å²) in [4.78, 5) is 0. The van der Waals surface area contributed by atoms with Crippen molar-refractivity contribution in [2.75, 3.05) is 12.4 Å². The van der Waals surface area contributed by atoms with Gasteiger partial charge in [-0.25, -0.2) is 22.0 Å². The van der Waals surface area contributed by atoms with Crippen LogP contribution < -0.4 is 10.6 Å². The average Bonchev–Trinajstić information content (AvgIpc) is 2.94. The third-order valence-electron chi connectivity index (χ3n) is 2.73. The van der Waals surface area contributed by atoms with Gasteiger partial charge in [-0.1, -0.05) is 0 Å². The normalized spacial score (nSPS) is 10.6. The minimum Gasteiger partial charge on any atom is -0.365 e. The van der Waals surface area contributed by atoms with Crippen molar-refractivity contribution >= 4 is 23.1 Å². The number of hydrogen-bond donors (Lipinski definition) is 2. The standard InChI is InChI=1S/C12H9F5N4S/c1-18-12(22)19-6-2-3-21(20-6)4-5-7(13)9(15)11(17)10(16)8(5)14/h2-3H,4H2,1H3,(H2,18,19,20,22). The zero-order valence-electron chi connectivity index (χ0n) is 11.1. The van der Waals surface area contributed by atoms with Gasteiger partial charge in [0.1, 0.15) is 0 Å². The molecule has 0 aliphatic heterocycles. The Morgan fingerprint density at radius 2 is 1.64 bits per heavy atom. The van der Waals surface area contributed by atoms with Crippen LogP contribution in [0.5, 0.6) is 0 Å². The van der Waals surface area contributed by atoms with Crippen LogP contribution in [0.15, 0.2) is 12.3 Å². The number of halogens is 5. The van der Waals surface area contributed by atoms with E-state index in [0.717, 1.165) is 4.68 Å². The molecule has 2 rings (SSSR count). The van der Waals surface area contributed by atoms with E-state index >= 15 is 0 Å². The summed E-state index contributed by atoms with van der Waals surface area (Å²) in [6.45, 7) is -0.625. The Hall–Kier alpha value is -2.23. The quantitative estimate of drug-likeness (QED) is 0.391. The minimum atomic E-state index is -2.19. The first kappa shape index (κ1) is 16.1. The first-order chi connectivity index (χ1) is 10.3. The number of thiocarbonyl (C=S) groups is 1. The van der Waals surface area contributed by atoms with Crippen LogP contribution in [0.4, 0.5) is 27.8 Å². The molecule has 0 fully saturated rings. The lowest BCUT2D eigenvalue weighted by molar-refractivity contribution is 0.367. The number of nitrogens with zero attached hydrogens (tertiary/aromatic N) is 2. The van der Waals surface area contributed by atoms with E-state index in [1.54, 1.807) is 7.05 Å². The lowest BCUT2D eigenvalue weighted by Gasteiger charge is -2.08. The summed E-state index contributed by atoms with van der Waals surface area (Å²) in [6.07, 6.45) is 1.30. The van der Waals surface area contributed by atoms with Crippen LogP contribution >= 0.6 is 12.2 Å². The third kappa shape index (κ3) is 3.01. The highest BCUT2D eigenvalue weighted by molar-refractivity contribution is 7.80. The second-order valence-corrected chi connectivity index (χ2v) is 4.56. The summed E-state index contributed by atoms with van der Waals surface area (Å²) in [7, 11) is 1.57. The van der Waals surface area contributed by atoms with Crippen LogP contribution in [0.1, 0.15) is 5.56 Å². The van der Waals surface area contributed by atoms with Crippen molar-refractivity contribution in [3.05, 3.63) is 46.9 Å². The summed E-state index contributed by atoms with van der Waals surface area (Å²) in [6, 6.07) is 1.43. The smallest absolute Gasteiger partial charge is 0.200 e. The van der Waals surface area contributed by atoms with Crippen molar-refractivity contribution in [1.29, 1.82) is 0 Å². The molecule has 10 heteroatoms. The Morgan fingerprint density at radius 1 is 1.09 bits per heavy atom. The minimum absolute atomic E-state index is 0.251. The van der Waals surface area contributed by atoms with Crippen LogP contribution in [-0.2, 0) is 6.54 Å². The monoisotopic (exact) mass is 336 g/mol.